The molecule has 1 aliphatic heterocycles. The van der Waals surface area contributed by atoms with Crippen LogP contribution in [0.4, 0.5) is 13.2 Å². The van der Waals surface area contributed by atoms with Crippen molar-refractivity contribution in [3.63, 3.8) is 0 Å². The molecule has 0 saturated heterocycles. The Hall–Kier alpha value is -0.590. The molecule has 1 aromatic rings. The van der Waals surface area contributed by atoms with Crippen LogP contribution in [0.15, 0.2) is 6.07 Å². The molecule has 0 radical (unpaired) electrons. The van der Waals surface area contributed by atoms with Gasteiger partial charge in [0.05, 0.1) is 19.3 Å². The first kappa shape index (κ1) is 10.9. The van der Waals surface area contributed by atoms with Crippen LogP contribution in [0.1, 0.15) is 21.4 Å². The van der Waals surface area contributed by atoms with Crippen LogP contribution in [0.5, 0.6) is 0 Å². The second kappa shape index (κ2) is 3.77. The summed E-state index contributed by atoms with van der Waals surface area (Å²) in [4.78, 5) is 0.131. The molecule has 15 heavy (non-hydrogen) atoms. The lowest BCUT2D eigenvalue weighted by Gasteiger charge is -2.21. The fourth-order valence-electron chi connectivity index (χ4n) is 1.59. The van der Waals surface area contributed by atoms with Crippen LogP contribution >= 0.6 is 11.3 Å². The van der Waals surface area contributed by atoms with Gasteiger partial charge in [0.1, 0.15) is 4.88 Å². The van der Waals surface area contributed by atoms with E-state index in [-0.39, 0.29) is 12.6 Å². The van der Waals surface area contributed by atoms with Crippen molar-refractivity contribution in [2.24, 2.45) is 0 Å². The topological polar surface area (TPSA) is 21.3 Å². The number of ether oxygens (including phenoxy) is 1. The van der Waals surface area contributed by atoms with Crippen LogP contribution in [0, 0.1) is 0 Å². The van der Waals surface area contributed by atoms with Crippen LogP contribution < -0.4 is 5.32 Å². The molecule has 1 N–H and O–H groups in total. The average Bonchev–Trinajstić information content (AvgIpc) is 2.59. The van der Waals surface area contributed by atoms with Gasteiger partial charge < -0.3 is 10.1 Å². The van der Waals surface area contributed by atoms with Crippen LogP contribution in [0.3, 0.4) is 0 Å². The molecular formula is C9H10F3NOS. The molecule has 2 heterocycles. The largest absolute Gasteiger partial charge is 0.425 e. The SMILES string of the molecule is CNC1COCc2sc(C(F)(F)F)cc21. The molecule has 1 aromatic heterocycles. The van der Waals surface area contributed by atoms with E-state index in [4.69, 9.17) is 4.74 Å². The lowest BCUT2D eigenvalue weighted by Crippen LogP contribution is -2.25. The monoisotopic (exact) mass is 237 g/mol. The molecule has 6 heteroatoms. The van der Waals surface area contributed by atoms with Crippen LogP contribution in [-0.4, -0.2) is 13.7 Å². The van der Waals surface area contributed by atoms with Gasteiger partial charge in [-0.05, 0) is 18.7 Å². The molecule has 0 aromatic carbocycles. The summed E-state index contributed by atoms with van der Waals surface area (Å²) in [5.41, 5.74) is 0.723. The summed E-state index contributed by atoms with van der Waals surface area (Å²) in [6.45, 7) is 0.714. The zero-order chi connectivity index (χ0) is 11.1. The number of hydrogen-bond acceptors (Lipinski definition) is 3. The fourth-order valence-corrected chi connectivity index (χ4v) is 2.62. The molecule has 1 atom stereocenters. The summed E-state index contributed by atoms with van der Waals surface area (Å²) in [6, 6.07) is 1.10. The molecule has 0 aliphatic carbocycles. The Labute approximate surface area is 89.1 Å². The maximum absolute atomic E-state index is 12.5. The van der Waals surface area contributed by atoms with E-state index in [0.717, 1.165) is 16.9 Å². The fraction of sp³-hybridized carbons (Fsp3) is 0.556. The van der Waals surface area contributed by atoms with Gasteiger partial charge in [-0.2, -0.15) is 13.2 Å². The molecule has 0 spiro atoms. The molecule has 2 nitrogen and oxygen atoms in total. The number of alkyl halides is 3. The van der Waals surface area contributed by atoms with Gasteiger partial charge in [-0.15, -0.1) is 11.3 Å². The predicted octanol–water partition coefficient (Wildman–Crippen LogP) is 2.56. The van der Waals surface area contributed by atoms with Gasteiger partial charge in [-0.1, -0.05) is 0 Å². The Bertz CT molecular complexity index is 361. The first-order valence-corrected chi connectivity index (χ1v) is 5.29. The maximum atomic E-state index is 12.5. The predicted molar refractivity (Wildman–Crippen MR) is 50.8 cm³/mol. The van der Waals surface area contributed by atoms with Crippen LogP contribution in [0.2, 0.25) is 0 Å². The van der Waals surface area contributed by atoms with E-state index in [0.29, 0.717) is 11.5 Å². The van der Waals surface area contributed by atoms with Crippen molar-refractivity contribution in [2.75, 3.05) is 13.7 Å². The highest BCUT2D eigenvalue weighted by molar-refractivity contribution is 7.12. The number of nitrogens with one attached hydrogen (secondary N) is 1. The van der Waals surface area contributed by atoms with Gasteiger partial charge >= 0.3 is 6.18 Å². The van der Waals surface area contributed by atoms with Gasteiger partial charge in [0, 0.05) is 4.88 Å². The van der Waals surface area contributed by atoms with Crippen molar-refractivity contribution in [3.8, 4) is 0 Å². The van der Waals surface area contributed by atoms with E-state index in [1.807, 2.05) is 0 Å². The van der Waals surface area contributed by atoms with Crippen molar-refractivity contribution in [1.82, 2.24) is 5.32 Å². The first-order chi connectivity index (χ1) is 7.02. The van der Waals surface area contributed by atoms with Crippen molar-refractivity contribution >= 4 is 11.3 Å². The third-order valence-electron chi connectivity index (χ3n) is 2.36. The summed E-state index contributed by atoms with van der Waals surface area (Å²) in [5.74, 6) is 0. The molecule has 2 rings (SSSR count). The number of rotatable bonds is 1. The highest BCUT2D eigenvalue weighted by Crippen LogP contribution is 2.40. The third kappa shape index (κ3) is 2.02. The lowest BCUT2D eigenvalue weighted by molar-refractivity contribution is -0.134. The van der Waals surface area contributed by atoms with Crippen molar-refractivity contribution in [1.29, 1.82) is 0 Å². The van der Waals surface area contributed by atoms with Gasteiger partial charge in [-0.3, -0.25) is 0 Å². The Morgan fingerprint density at radius 3 is 2.87 bits per heavy atom. The van der Waals surface area contributed by atoms with E-state index in [2.05, 4.69) is 5.32 Å². The number of hydrogen-bond donors (Lipinski definition) is 1. The van der Waals surface area contributed by atoms with Crippen LogP contribution in [-0.2, 0) is 17.5 Å². The standard InChI is InChI=1S/C9H10F3NOS/c1-13-6-3-14-4-7-5(6)2-8(15-7)9(10,11)12/h2,6,13H,3-4H2,1H3. The van der Waals surface area contributed by atoms with E-state index in [9.17, 15) is 13.2 Å². The molecule has 84 valence electrons. The molecule has 0 amide bonds. The zero-order valence-corrected chi connectivity index (χ0v) is 8.84. The quantitative estimate of drug-likeness (QED) is 0.810. The second-order valence-corrected chi connectivity index (χ2v) is 4.48. The molecule has 0 fully saturated rings. The molecule has 1 aliphatic rings. The van der Waals surface area contributed by atoms with Crippen molar-refractivity contribution in [2.45, 2.75) is 18.8 Å². The summed E-state index contributed by atoms with van der Waals surface area (Å²) in [5, 5.41) is 2.94. The number of likely N-dealkylation sites (N-methyl/N-ethyl adjacent to an activating group) is 1. The highest BCUT2D eigenvalue weighted by Gasteiger charge is 2.35. The summed E-state index contributed by atoms with van der Waals surface area (Å²) in [6.07, 6.45) is -4.25. The minimum atomic E-state index is -4.25. The van der Waals surface area contributed by atoms with Gasteiger partial charge in [0.2, 0.25) is 0 Å². The minimum Gasteiger partial charge on any atom is -0.374 e. The number of fused-ring (bicyclic) bond motifs is 1. The zero-order valence-electron chi connectivity index (χ0n) is 8.02. The van der Waals surface area contributed by atoms with Gasteiger partial charge in [0.15, 0.2) is 0 Å². The van der Waals surface area contributed by atoms with E-state index in [1.54, 1.807) is 7.05 Å². The maximum Gasteiger partial charge on any atom is 0.425 e. The smallest absolute Gasteiger partial charge is 0.374 e. The molecule has 1 unspecified atom stereocenters. The first-order valence-electron chi connectivity index (χ1n) is 4.47. The van der Waals surface area contributed by atoms with E-state index < -0.39 is 11.1 Å². The van der Waals surface area contributed by atoms with Crippen LogP contribution in [0.25, 0.3) is 0 Å². The van der Waals surface area contributed by atoms with Gasteiger partial charge in [0.25, 0.3) is 0 Å². The van der Waals surface area contributed by atoms with Gasteiger partial charge in [-0.25, -0.2) is 0 Å². The summed E-state index contributed by atoms with van der Waals surface area (Å²) < 4.78 is 42.6. The Kier molecular flexibility index (Phi) is 2.74. The lowest BCUT2D eigenvalue weighted by atomic mass is 10.1. The number of thiophene rings is 1. The Morgan fingerprint density at radius 1 is 1.53 bits per heavy atom. The van der Waals surface area contributed by atoms with E-state index >= 15 is 0 Å². The number of halogens is 3. The highest BCUT2D eigenvalue weighted by atomic mass is 32.1. The molecule has 0 bridgehead atoms. The summed E-state index contributed by atoms with van der Waals surface area (Å²) >= 11 is 0.771. The molecule has 0 saturated carbocycles. The summed E-state index contributed by atoms with van der Waals surface area (Å²) in [7, 11) is 1.72. The van der Waals surface area contributed by atoms with Crippen molar-refractivity contribution < 1.29 is 17.9 Å². The Balaban J connectivity index is 2.37. The van der Waals surface area contributed by atoms with E-state index in [1.165, 1.54) is 6.07 Å². The normalized spacial score (nSPS) is 21.5. The third-order valence-corrected chi connectivity index (χ3v) is 3.53. The second-order valence-electron chi connectivity index (χ2n) is 3.34. The molecular weight excluding hydrogens is 227 g/mol. The minimum absolute atomic E-state index is 0.124. The van der Waals surface area contributed by atoms with Crippen molar-refractivity contribution in [3.05, 3.63) is 21.4 Å². The Morgan fingerprint density at radius 2 is 2.27 bits per heavy atom. The average molecular weight is 237 g/mol.